The van der Waals surface area contributed by atoms with Gasteiger partial charge in [0.1, 0.15) is 5.75 Å². The monoisotopic (exact) mass is 370 g/mol. The molecule has 2 amide bonds. The van der Waals surface area contributed by atoms with Gasteiger partial charge in [0.25, 0.3) is 11.8 Å². The number of nitrogens with one attached hydrogen (secondary N) is 1. The topological polar surface area (TPSA) is 58.6 Å². The lowest BCUT2D eigenvalue weighted by atomic mass is 10.1. The molecule has 0 heterocycles. The zero-order valence-electron chi connectivity index (χ0n) is 14.8. The van der Waals surface area contributed by atoms with E-state index in [1.54, 1.807) is 56.6 Å². The summed E-state index contributed by atoms with van der Waals surface area (Å²) in [5.74, 6) is 5.88. The average molecular weight is 371 g/mol. The number of methoxy groups -OCH3 is 1. The molecule has 134 valence electrons. The Morgan fingerprint density at radius 1 is 1.15 bits per heavy atom. The number of rotatable bonds is 4. The van der Waals surface area contributed by atoms with E-state index in [1.807, 2.05) is 0 Å². The second-order valence-corrected chi connectivity index (χ2v) is 6.04. The molecule has 0 aliphatic rings. The third-order valence-electron chi connectivity index (χ3n) is 3.51. The summed E-state index contributed by atoms with van der Waals surface area (Å²) in [6, 6.07) is 11.8. The fourth-order valence-corrected chi connectivity index (χ4v) is 2.35. The van der Waals surface area contributed by atoms with Crippen LogP contribution in [0.5, 0.6) is 5.75 Å². The van der Waals surface area contributed by atoms with Crippen molar-refractivity contribution in [1.29, 1.82) is 0 Å². The van der Waals surface area contributed by atoms with E-state index in [0.717, 1.165) is 5.56 Å². The zero-order valence-corrected chi connectivity index (χ0v) is 15.6. The number of ether oxygens (including phenoxy) is 1. The van der Waals surface area contributed by atoms with Gasteiger partial charge in [0, 0.05) is 30.2 Å². The molecular formula is C20H19ClN2O3. The van der Waals surface area contributed by atoms with Crippen molar-refractivity contribution >= 4 is 23.4 Å². The van der Waals surface area contributed by atoms with E-state index in [9.17, 15) is 9.59 Å². The molecule has 2 aromatic rings. The first kappa shape index (κ1) is 19.4. The van der Waals surface area contributed by atoms with Crippen molar-refractivity contribution in [3.05, 3.63) is 64.2 Å². The van der Waals surface area contributed by atoms with Crippen molar-refractivity contribution in [1.82, 2.24) is 10.2 Å². The van der Waals surface area contributed by atoms with Crippen LogP contribution in [-0.2, 0) is 0 Å². The predicted molar refractivity (Wildman–Crippen MR) is 102 cm³/mol. The average Bonchev–Trinajstić information content (AvgIpc) is 2.64. The Balaban J connectivity index is 1.97. The highest BCUT2D eigenvalue weighted by Gasteiger charge is 2.11. The van der Waals surface area contributed by atoms with E-state index in [4.69, 9.17) is 16.3 Å². The molecule has 6 heteroatoms. The van der Waals surface area contributed by atoms with Crippen molar-refractivity contribution in [2.45, 2.75) is 0 Å². The van der Waals surface area contributed by atoms with Gasteiger partial charge < -0.3 is 15.0 Å². The standard InChI is InChI=1S/C20H19ClN2O3/c1-23(2)20(25)15-8-6-14(7-9-15)5-4-12-22-19(24)17-13-16(21)10-11-18(17)26-3/h6-11,13H,12H2,1-3H3,(H,22,24). The van der Waals surface area contributed by atoms with Crippen LogP contribution in [0.25, 0.3) is 0 Å². The first-order valence-electron chi connectivity index (χ1n) is 7.84. The second kappa shape index (κ2) is 8.93. The number of nitrogens with zero attached hydrogens (tertiary/aromatic N) is 1. The normalized spacial score (nSPS) is 9.69. The third-order valence-corrected chi connectivity index (χ3v) is 3.75. The molecule has 0 saturated heterocycles. The number of benzene rings is 2. The van der Waals surface area contributed by atoms with Gasteiger partial charge >= 0.3 is 0 Å². The fourth-order valence-electron chi connectivity index (χ4n) is 2.18. The predicted octanol–water partition coefficient (Wildman–Crippen LogP) is 2.83. The lowest BCUT2D eigenvalue weighted by molar-refractivity contribution is 0.0827. The Kier molecular flexibility index (Phi) is 6.65. The Morgan fingerprint density at radius 2 is 1.85 bits per heavy atom. The minimum absolute atomic E-state index is 0.0627. The van der Waals surface area contributed by atoms with Gasteiger partial charge in [-0.15, -0.1) is 0 Å². The van der Waals surface area contributed by atoms with Gasteiger partial charge in [-0.1, -0.05) is 23.4 Å². The van der Waals surface area contributed by atoms with Crippen LogP contribution in [0, 0.1) is 11.8 Å². The molecule has 0 aliphatic carbocycles. The van der Waals surface area contributed by atoms with E-state index in [1.165, 1.54) is 12.0 Å². The Morgan fingerprint density at radius 3 is 2.46 bits per heavy atom. The summed E-state index contributed by atoms with van der Waals surface area (Å²) in [6.07, 6.45) is 0. The molecule has 0 aliphatic heterocycles. The minimum Gasteiger partial charge on any atom is -0.496 e. The summed E-state index contributed by atoms with van der Waals surface area (Å²) in [7, 11) is 4.89. The van der Waals surface area contributed by atoms with Crippen LogP contribution in [0.4, 0.5) is 0 Å². The molecule has 5 nitrogen and oxygen atoms in total. The zero-order chi connectivity index (χ0) is 19.1. The highest BCUT2D eigenvalue weighted by atomic mass is 35.5. The van der Waals surface area contributed by atoms with Crippen LogP contribution in [0.1, 0.15) is 26.3 Å². The van der Waals surface area contributed by atoms with Crippen molar-refractivity contribution in [2.24, 2.45) is 0 Å². The number of carbonyl (C=O) groups excluding carboxylic acids is 2. The van der Waals surface area contributed by atoms with Crippen LogP contribution >= 0.6 is 11.6 Å². The van der Waals surface area contributed by atoms with Crippen LogP contribution in [0.15, 0.2) is 42.5 Å². The second-order valence-electron chi connectivity index (χ2n) is 5.61. The van der Waals surface area contributed by atoms with Crippen molar-refractivity contribution in [2.75, 3.05) is 27.7 Å². The van der Waals surface area contributed by atoms with E-state index in [2.05, 4.69) is 17.2 Å². The van der Waals surface area contributed by atoms with Crippen LogP contribution < -0.4 is 10.1 Å². The maximum absolute atomic E-state index is 12.2. The fraction of sp³-hybridized carbons (Fsp3) is 0.200. The van der Waals surface area contributed by atoms with Gasteiger partial charge in [-0.05, 0) is 42.5 Å². The highest BCUT2D eigenvalue weighted by molar-refractivity contribution is 6.31. The summed E-state index contributed by atoms with van der Waals surface area (Å²) in [4.78, 5) is 25.6. The number of carbonyl (C=O) groups is 2. The maximum atomic E-state index is 12.2. The quantitative estimate of drug-likeness (QED) is 0.842. The third kappa shape index (κ3) is 5.01. The van der Waals surface area contributed by atoms with Crippen LogP contribution in [0.2, 0.25) is 5.02 Å². The molecule has 2 aromatic carbocycles. The molecule has 1 N–H and O–H groups in total. The molecule has 0 unspecified atom stereocenters. The van der Waals surface area contributed by atoms with Crippen molar-refractivity contribution in [3.8, 4) is 17.6 Å². The molecule has 2 rings (SSSR count). The molecular weight excluding hydrogens is 352 g/mol. The summed E-state index contributed by atoms with van der Waals surface area (Å²) in [6.45, 7) is 0.173. The van der Waals surface area contributed by atoms with Crippen molar-refractivity contribution in [3.63, 3.8) is 0 Å². The molecule has 0 saturated carbocycles. The summed E-state index contributed by atoms with van der Waals surface area (Å²) >= 11 is 5.92. The van der Waals surface area contributed by atoms with E-state index in [0.29, 0.717) is 21.9 Å². The van der Waals surface area contributed by atoms with Gasteiger partial charge in [0.05, 0.1) is 19.2 Å². The Labute approximate surface area is 157 Å². The van der Waals surface area contributed by atoms with Crippen LogP contribution in [0.3, 0.4) is 0 Å². The van der Waals surface area contributed by atoms with Gasteiger partial charge in [-0.2, -0.15) is 0 Å². The first-order chi connectivity index (χ1) is 12.4. The number of halogens is 1. The van der Waals surface area contributed by atoms with Crippen LogP contribution in [-0.4, -0.2) is 44.5 Å². The lowest BCUT2D eigenvalue weighted by Crippen LogP contribution is -2.24. The van der Waals surface area contributed by atoms with E-state index >= 15 is 0 Å². The number of hydrogen-bond acceptors (Lipinski definition) is 3. The minimum atomic E-state index is -0.314. The molecule has 0 radical (unpaired) electrons. The summed E-state index contributed by atoms with van der Waals surface area (Å²) in [5, 5.41) is 3.16. The molecule has 0 aromatic heterocycles. The Bertz CT molecular complexity index is 865. The van der Waals surface area contributed by atoms with Gasteiger partial charge in [-0.25, -0.2) is 0 Å². The molecule has 0 fully saturated rings. The first-order valence-corrected chi connectivity index (χ1v) is 8.22. The molecule has 0 atom stereocenters. The van der Waals surface area contributed by atoms with Gasteiger partial charge in [0.2, 0.25) is 0 Å². The molecule has 0 spiro atoms. The largest absolute Gasteiger partial charge is 0.496 e. The number of hydrogen-bond donors (Lipinski definition) is 1. The van der Waals surface area contributed by atoms with Gasteiger partial charge in [-0.3, -0.25) is 9.59 Å². The van der Waals surface area contributed by atoms with Gasteiger partial charge in [0.15, 0.2) is 0 Å². The smallest absolute Gasteiger partial charge is 0.255 e. The highest BCUT2D eigenvalue weighted by Crippen LogP contribution is 2.22. The SMILES string of the molecule is COc1ccc(Cl)cc1C(=O)NCC#Cc1ccc(C(=O)N(C)C)cc1. The summed E-state index contributed by atoms with van der Waals surface area (Å²) < 4.78 is 5.16. The Hall–Kier alpha value is -2.97. The van der Waals surface area contributed by atoms with Crippen molar-refractivity contribution < 1.29 is 14.3 Å². The van der Waals surface area contributed by atoms with E-state index < -0.39 is 0 Å². The number of amides is 2. The summed E-state index contributed by atoms with van der Waals surface area (Å²) in [5.41, 5.74) is 1.71. The molecule has 26 heavy (non-hydrogen) atoms. The van der Waals surface area contributed by atoms with E-state index in [-0.39, 0.29) is 18.4 Å². The maximum Gasteiger partial charge on any atom is 0.255 e. The lowest BCUT2D eigenvalue weighted by Gasteiger charge is -2.09. The molecule has 0 bridgehead atoms.